The lowest BCUT2D eigenvalue weighted by atomic mass is 9.84. The van der Waals surface area contributed by atoms with E-state index in [1.807, 2.05) is 0 Å². The fraction of sp³-hybridized carbons (Fsp3) is 0.455. The largest absolute Gasteiger partial charge is 0.472 e. The Balaban J connectivity index is 1.38. The first-order chi connectivity index (χ1) is 16.5. The van der Waals surface area contributed by atoms with Gasteiger partial charge in [-0.25, -0.2) is 18.7 Å². The summed E-state index contributed by atoms with van der Waals surface area (Å²) in [6, 6.07) is 3.22. The van der Waals surface area contributed by atoms with Crippen LogP contribution in [-0.4, -0.2) is 65.9 Å². The number of halogens is 7. The fourth-order valence-electron chi connectivity index (χ4n) is 4.63. The van der Waals surface area contributed by atoms with Crippen molar-refractivity contribution in [3.8, 4) is 17.0 Å². The van der Waals surface area contributed by atoms with Gasteiger partial charge in [-0.1, -0.05) is 0 Å². The molecule has 2 saturated heterocycles. The summed E-state index contributed by atoms with van der Waals surface area (Å²) in [4.78, 5) is 9.50. The smallest absolute Gasteiger partial charge is 0.454 e. The van der Waals surface area contributed by atoms with Gasteiger partial charge in [-0.15, -0.1) is 11.3 Å². The molecule has 2 aromatic heterocycles. The lowest BCUT2D eigenvalue weighted by molar-refractivity contribution is -0.289. The van der Waals surface area contributed by atoms with E-state index in [9.17, 15) is 30.7 Å². The van der Waals surface area contributed by atoms with E-state index in [0.29, 0.717) is 15.8 Å². The average Bonchev–Trinajstić information content (AvgIpc) is 3.18. The molecular formula is C22H18F7N3O2S. The highest BCUT2D eigenvalue weighted by atomic mass is 32.1. The third-order valence-electron chi connectivity index (χ3n) is 6.21. The van der Waals surface area contributed by atoms with Gasteiger partial charge in [-0.3, -0.25) is 4.90 Å². The Morgan fingerprint density at radius 2 is 1.74 bits per heavy atom. The number of benzene rings is 1. The molecule has 0 radical (unpaired) electrons. The van der Waals surface area contributed by atoms with Crippen molar-refractivity contribution < 1.29 is 40.2 Å². The summed E-state index contributed by atoms with van der Waals surface area (Å²) in [5, 5.41) is 1.65. The van der Waals surface area contributed by atoms with Gasteiger partial charge >= 0.3 is 12.1 Å². The summed E-state index contributed by atoms with van der Waals surface area (Å²) in [6.45, 7) is -1.26. The fourth-order valence-corrected chi connectivity index (χ4v) is 5.58. The van der Waals surface area contributed by atoms with Crippen LogP contribution in [0.2, 0.25) is 0 Å². The van der Waals surface area contributed by atoms with Gasteiger partial charge in [0.1, 0.15) is 28.8 Å². The van der Waals surface area contributed by atoms with Crippen molar-refractivity contribution in [3.63, 3.8) is 0 Å². The first-order valence-electron chi connectivity index (χ1n) is 10.6. The van der Waals surface area contributed by atoms with Crippen molar-refractivity contribution in [1.29, 1.82) is 0 Å². The van der Waals surface area contributed by atoms with Crippen LogP contribution >= 0.6 is 11.3 Å². The number of ether oxygens (including phenoxy) is 2. The van der Waals surface area contributed by atoms with E-state index in [2.05, 4.69) is 9.97 Å². The van der Waals surface area contributed by atoms with Gasteiger partial charge in [0.15, 0.2) is 0 Å². The molecule has 2 fully saturated rings. The van der Waals surface area contributed by atoms with Crippen LogP contribution in [0, 0.1) is 23.5 Å². The first kappa shape index (κ1) is 24.2. The maximum Gasteiger partial charge on any atom is 0.454 e. The second-order valence-corrected chi connectivity index (χ2v) is 9.55. The zero-order chi connectivity index (χ0) is 25.0. The number of piperidine rings is 1. The van der Waals surface area contributed by atoms with Crippen LogP contribution in [-0.2, 0) is 4.74 Å². The Bertz CT molecular complexity index is 1220. The Morgan fingerprint density at radius 3 is 2.40 bits per heavy atom. The molecule has 2 atom stereocenters. The summed E-state index contributed by atoms with van der Waals surface area (Å²) >= 11 is 1.20. The molecule has 35 heavy (non-hydrogen) atoms. The lowest BCUT2D eigenvalue weighted by Crippen LogP contribution is -2.60. The summed E-state index contributed by atoms with van der Waals surface area (Å²) in [5.41, 5.74) is 0.989. The summed E-state index contributed by atoms with van der Waals surface area (Å²) in [5.74, 6) is -6.99. The number of likely N-dealkylation sites (tertiary alicyclic amines) is 1. The maximum atomic E-state index is 14.3. The molecule has 0 aliphatic carbocycles. The van der Waals surface area contributed by atoms with E-state index in [4.69, 9.17) is 9.47 Å². The molecule has 13 heteroatoms. The molecule has 1 aromatic carbocycles. The van der Waals surface area contributed by atoms with Crippen molar-refractivity contribution in [2.45, 2.75) is 18.2 Å². The maximum absolute atomic E-state index is 14.3. The Kier molecular flexibility index (Phi) is 6.12. The van der Waals surface area contributed by atoms with E-state index in [-0.39, 0.29) is 37.7 Å². The zero-order valence-corrected chi connectivity index (χ0v) is 18.7. The molecule has 5 rings (SSSR count). The third kappa shape index (κ3) is 4.56. The van der Waals surface area contributed by atoms with E-state index in [1.165, 1.54) is 23.7 Å². The SMILES string of the molecule is Fc1ccc(-c2csc3c(OC4C5COCC4CN(CC(F)(F)C(F)(F)F)C5)ncnc23)c(F)c1. The Labute approximate surface area is 198 Å². The predicted molar refractivity (Wildman–Crippen MR) is 112 cm³/mol. The number of nitrogens with zero attached hydrogens (tertiary/aromatic N) is 3. The summed E-state index contributed by atoms with van der Waals surface area (Å²) in [6.07, 6.45) is -4.91. The number of fused-ring (bicyclic) bond motifs is 3. The van der Waals surface area contributed by atoms with Crippen molar-refractivity contribution in [2.24, 2.45) is 11.8 Å². The highest BCUT2D eigenvalue weighted by Crippen LogP contribution is 2.41. The van der Waals surface area contributed by atoms with Gasteiger partial charge < -0.3 is 9.47 Å². The molecular weight excluding hydrogens is 503 g/mol. The first-order valence-corrected chi connectivity index (χ1v) is 11.5. The number of thiophene rings is 1. The number of alkyl halides is 5. The molecule has 2 aliphatic rings. The van der Waals surface area contributed by atoms with Crippen LogP contribution in [0.4, 0.5) is 30.7 Å². The van der Waals surface area contributed by atoms with Crippen molar-refractivity contribution in [2.75, 3.05) is 32.8 Å². The third-order valence-corrected chi connectivity index (χ3v) is 7.16. The minimum atomic E-state index is -5.63. The normalized spacial score (nSPS) is 23.6. The van der Waals surface area contributed by atoms with Crippen molar-refractivity contribution in [1.82, 2.24) is 14.9 Å². The summed E-state index contributed by atoms with van der Waals surface area (Å²) < 4.78 is 105. The van der Waals surface area contributed by atoms with Gasteiger partial charge in [0.2, 0.25) is 5.88 Å². The molecule has 0 N–H and O–H groups in total. The molecule has 0 amide bonds. The quantitative estimate of drug-likeness (QED) is 0.435. The van der Waals surface area contributed by atoms with Crippen LogP contribution in [0.25, 0.3) is 21.3 Å². The molecule has 0 saturated carbocycles. The monoisotopic (exact) mass is 521 g/mol. The number of hydrogen-bond donors (Lipinski definition) is 0. The minimum absolute atomic E-state index is 0.0580. The lowest BCUT2D eigenvalue weighted by Gasteiger charge is -2.47. The Morgan fingerprint density at radius 1 is 1.03 bits per heavy atom. The van der Waals surface area contributed by atoms with Gasteiger partial charge in [0.25, 0.3) is 0 Å². The molecule has 2 aliphatic heterocycles. The topological polar surface area (TPSA) is 47.5 Å². The molecule has 3 aromatic rings. The minimum Gasteiger partial charge on any atom is -0.472 e. The van der Waals surface area contributed by atoms with E-state index in [0.717, 1.165) is 17.0 Å². The number of aromatic nitrogens is 2. The molecule has 2 bridgehead atoms. The van der Waals surface area contributed by atoms with Crippen LogP contribution in [0.15, 0.2) is 29.9 Å². The van der Waals surface area contributed by atoms with Crippen LogP contribution in [0.1, 0.15) is 0 Å². The van der Waals surface area contributed by atoms with Crippen LogP contribution in [0.5, 0.6) is 5.88 Å². The molecule has 5 nitrogen and oxygen atoms in total. The highest BCUT2D eigenvalue weighted by Gasteiger charge is 2.59. The summed E-state index contributed by atoms with van der Waals surface area (Å²) in [7, 11) is 0. The van der Waals surface area contributed by atoms with E-state index in [1.54, 1.807) is 5.38 Å². The van der Waals surface area contributed by atoms with Crippen LogP contribution in [0.3, 0.4) is 0 Å². The van der Waals surface area contributed by atoms with Gasteiger partial charge in [0, 0.05) is 47.5 Å². The van der Waals surface area contributed by atoms with Gasteiger partial charge in [0.05, 0.1) is 25.3 Å². The van der Waals surface area contributed by atoms with Crippen LogP contribution < -0.4 is 4.74 Å². The Hall–Kier alpha value is -2.51. The molecule has 4 heterocycles. The average molecular weight is 521 g/mol. The van der Waals surface area contributed by atoms with Crippen molar-refractivity contribution >= 4 is 21.6 Å². The van der Waals surface area contributed by atoms with E-state index < -0.39 is 48.2 Å². The molecule has 2 unspecified atom stereocenters. The second kappa shape index (κ2) is 8.86. The van der Waals surface area contributed by atoms with E-state index >= 15 is 0 Å². The standard InChI is InChI=1S/C22H18F7N3O2S/c23-13-1-2-14(16(24)3-13)15-8-35-19-17(15)30-10-31-20(19)34-18-11-4-32(5-12(18)7-33-6-11)9-21(25,26)22(27,28)29/h1-3,8,10-12,18H,4-7,9H2. The van der Waals surface area contributed by atoms with Gasteiger partial charge in [-0.05, 0) is 12.1 Å². The second-order valence-electron chi connectivity index (χ2n) is 8.67. The zero-order valence-electron chi connectivity index (χ0n) is 17.9. The molecule has 0 spiro atoms. The highest BCUT2D eigenvalue weighted by molar-refractivity contribution is 7.18. The predicted octanol–water partition coefficient (Wildman–Crippen LogP) is 5.16. The number of hydrogen-bond acceptors (Lipinski definition) is 6. The number of rotatable bonds is 5. The van der Waals surface area contributed by atoms with Crippen molar-refractivity contribution in [3.05, 3.63) is 41.5 Å². The molecule has 188 valence electrons. The van der Waals surface area contributed by atoms with Gasteiger partial charge in [-0.2, -0.15) is 22.0 Å².